The lowest BCUT2D eigenvalue weighted by atomic mass is 10.1. The Bertz CT molecular complexity index is 401. The van der Waals surface area contributed by atoms with E-state index in [0.717, 1.165) is 31.0 Å². The molecule has 2 unspecified atom stereocenters. The van der Waals surface area contributed by atoms with Gasteiger partial charge >= 0.3 is 6.09 Å². The summed E-state index contributed by atoms with van der Waals surface area (Å²) in [5.74, 6) is 0. The SMILES string of the molecule is C=CCCC(O[Si](CC)(CC)CC)C1COC(C)(C)N1C(=O)O. The van der Waals surface area contributed by atoms with Crippen LogP contribution in [0.3, 0.4) is 0 Å². The monoisotopic (exact) mass is 343 g/mol. The van der Waals surface area contributed by atoms with E-state index in [-0.39, 0.29) is 12.1 Å². The Morgan fingerprint density at radius 1 is 1.43 bits per heavy atom. The Balaban J connectivity index is 3.05. The molecule has 1 aliphatic rings. The van der Waals surface area contributed by atoms with Crippen LogP contribution >= 0.6 is 0 Å². The summed E-state index contributed by atoms with van der Waals surface area (Å²) in [6.45, 7) is 14.4. The number of amides is 1. The number of hydrogen-bond donors (Lipinski definition) is 1. The highest BCUT2D eigenvalue weighted by Crippen LogP contribution is 2.34. The molecule has 5 nitrogen and oxygen atoms in total. The van der Waals surface area contributed by atoms with Crippen LogP contribution in [0.1, 0.15) is 47.5 Å². The van der Waals surface area contributed by atoms with Crippen LogP contribution in [0.2, 0.25) is 18.1 Å². The normalized spacial score (nSPS) is 22.1. The molecule has 1 rings (SSSR count). The van der Waals surface area contributed by atoms with Crippen molar-refractivity contribution >= 4 is 14.4 Å². The highest BCUT2D eigenvalue weighted by Gasteiger charge is 2.48. The molecule has 1 aliphatic heterocycles. The minimum absolute atomic E-state index is 0.127. The van der Waals surface area contributed by atoms with E-state index in [4.69, 9.17) is 9.16 Å². The number of hydrogen-bond acceptors (Lipinski definition) is 3. The van der Waals surface area contributed by atoms with Crippen molar-refractivity contribution in [2.75, 3.05) is 6.61 Å². The van der Waals surface area contributed by atoms with Gasteiger partial charge in [-0.1, -0.05) is 26.8 Å². The van der Waals surface area contributed by atoms with Crippen LogP contribution in [0.15, 0.2) is 12.7 Å². The second-order valence-corrected chi connectivity index (χ2v) is 11.5. The molecule has 0 spiro atoms. The van der Waals surface area contributed by atoms with E-state index in [2.05, 4.69) is 27.4 Å². The Kier molecular flexibility index (Phi) is 7.29. The van der Waals surface area contributed by atoms with Gasteiger partial charge < -0.3 is 14.3 Å². The number of ether oxygens (including phenoxy) is 1. The zero-order valence-electron chi connectivity index (χ0n) is 15.3. The van der Waals surface area contributed by atoms with Gasteiger partial charge in [0.2, 0.25) is 0 Å². The topological polar surface area (TPSA) is 59.0 Å². The summed E-state index contributed by atoms with van der Waals surface area (Å²) >= 11 is 0. The molecule has 0 aliphatic carbocycles. The molecular formula is C17H33NO4Si. The Morgan fingerprint density at radius 2 is 2.00 bits per heavy atom. The minimum Gasteiger partial charge on any atom is -0.465 e. The van der Waals surface area contributed by atoms with Gasteiger partial charge in [0.15, 0.2) is 8.32 Å². The summed E-state index contributed by atoms with van der Waals surface area (Å²) in [7, 11) is -1.82. The fraction of sp³-hybridized carbons (Fsp3) is 0.824. The molecule has 1 heterocycles. The second-order valence-electron chi connectivity index (χ2n) is 6.74. The molecule has 0 bridgehead atoms. The molecule has 23 heavy (non-hydrogen) atoms. The van der Waals surface area contributed by atoms with Crippen molar-refractivity contribution in [3.63, 3.8) is 0 Å². The van der Waals surface area contributed by atoms with Gasteiger partial charge in [0.05, 0.1) is 18.8 Å². The third kappa shape index (κ3) is 4.58. The van der Waals surface area contributed by atoms with Gasteiger partial charge in [-0.3, -0.25) is 4.90 Å². The molecule has 2 atom stereocenters. The molecule has 1 fully saturated rings. The number of carbonyl (C=O) groups is 1. The van der Waals surface area contributed by atoms with E-state index in [1.165, 1.54) is 4.90 Å². The lowest BCUT2D eigenvalue weighted by molar-refractivity contribution is -0.0461. The summed E-state index contributed by atoms with van der Waals surface area (Å²) in [5, 5.41) is 9.65. The van der Waals surface area contributed by atoms with Crippen LogP contribution in [-0.4, -0.2) is 48.9 Å². The van der Waals surface area contributed by atoms with Gasteiger partial charge in [-0.05, 0) is 44.8 Å². The van der Waals surface area contributed by atoms with Crippen molar-refractivity contribution in [1.29, 1.82) is 0 Å². The molecule has 1 amide bonds. The summed E-state index contributed by atoms with van der Waals surface area (Å²) in [6.07, 6.45) is 2.40. The Labute approximate surface area is 141 Å². The highest BCUT2D eigenvalue weighted by molar-refractivity contribution is 6.73. The first-order chi connectivity index (χ1) is 10.8. The summed E-state index contributed by atoms with van der Waals surface area (Å²) < 4.78 is 12.4. The van der Waals surface area contributed by atoms with Crippen LogP contribution in [0.4, 0.5) is 4.79 Å². The van der Waals surface area contributed by atoms with E-state index in [1.807, 2.05) is 6.08 Å². The summed E-state index contributed by atoms with van der Waals surface area (Å²) in [4.78, 5) is 13.2. The number of allylic oxidation sites excluding steroid dienone is 1. The first-order valence-electron chi connectivity index (χ1n) is 8.71. The molecule has 134 valence electrons. The molecule has 1 N–H and O–H groups in total. The largest absolute Gasteiger partial charge is 0.465 e. The van der Waals surface area contributed by atoms with Crippen LogP contribution < -0.4 is 0 Å². The van der Waals surface area contributed by atoms with Crippen LogP contribution in [-0.2, 0) is 9.16 Å². The Hall–Kier alpha value is -0.853. The molecule has 0 aromatic heterocycles. The van der Waals surface area contributed by atoms with Gasteiger partial charge in [0.25, 0.3) is 0 Å². The van der Waals surface area contributed by atoms with Crippen molar-refractivity contribution in [3.8, 4) is 0 Å². The van der Waals surface area contributed by atoms with E-state index in [1.54, 1.807) is 13.8 Å². The average molecular weight is 344 g/mol. The molecular weight excluding hydrogens is 310 g/mol. The smallest absolute Gasteiger partial charge is 0.409 e. The Morgan fingerprint density at radius 3 is 2.43 bits per heavy atom. The number of rotatable bonds is 9. The van der Waals surface area contributed by atoms with Crippen molar-refractivity contribution in [3.05, 3.63) is 12.7 Å². The summed E-state index contributed by atoms with van der Waals surface area (Å²) in [5.41, 5.74) is -0.804. The zero-order valence-corrected chi connectivity index (χ0v) is 16.3. The van der Waals surface area contributed by atoms with E-state index in [9.17, 15) is 9.90 Å². The zero-order chi connectivity index (χ0) is 17.7. The predicted molar refractivity (Wildman–Crippen MR) is 95.2 cm³/mol. The van der Waals surface area contributed by atoms with E-state index < -0.39 is 20.1 Å². The number of nitrogens with zero attached hydrogens (tertiary/aromatic N) is 1. The van der Waals surface area contributed by atoms with Crippen molar-refractivity contribution < 1.29 is 19.1 Å². The third-order valence-corrected chi connectivity index (χ3v) is 9.81. The molecule has 0 aromatic carbocycles. The van der Waals surface area contributed by atoms with Crippen LogP contribution in [0.25, 0.3) is 0 Å². The fourth-order valence-corrected chi connectivity index (χ4v) is 6.33. The van der Waals surface area contributed by atoms with Gasteiger partial charge in [-0.15, -0.1) is 6.58 Å². The van der Waals surface area contributed by atoms with Gasteiger partial charge in [-0.25, -0.2) is 4.79 Å². The average Bonchev–Trinajstić information content (AvgIpc) is 2.84. The lowest BCUT2D eigenvalue weighted by Gasteiger charge is -2.39. The van der Waals surface area contributed by atoms with Crippen molar-refractivity contribution in [2.24, 2.45) is 0 Å². The lowest BCUT2D eigenvalue weighted by Crippen LogP contribution is -2.54. The highest BCUT2D eigenvalue weighted by atomic mass is 28.4. The molecule has 1 saturated heterocycles. The van der Waals surface area contributed by atoms with Gasteiger partial charge in [0.1, 0.15) is 5.72 Å². The van der Waals surface area contributed by atoms with Crippen LogP contribution in [0, 0.1) is 0 Å². The first kappa shape index (κ1) is 20.2. The maximum Gasteiger partial charge on any atom is 0.409 e. The van der Waals surface area contributed by atoms with E-state index >= 15 is 0 Å². The van der Waals surface area contributed by atoms with Gasteiger partial charge in [-0.2, -0.15) is 0 Å². The maximum atomic E-state index is 11.8. The second kappa shape index (κ2) is 8.31. The number of carboxylic acid groups (broad SMARTS) is 1. The first-order valence-corrected chi connectivity index (χ1v) is 11.2. The van der Waals surface area contributed by atoms with Gasteiger partial charge in [0, 0.05) is 0 Å². The molecule has 0 aromatic rings. The standard InChI is InChI=1S/C17H33NO4Si/c1-7-11-12-15(22-23(8-2,9-3)10-4)14-13-21-17(5,6)18(14)16(19)20/h7,14-15H,1,8-13H2,2-6H3,(H,19,20). The maximum absolute atomic E-state index is 11.8. The minimum atomic E-state index is -1.82. The summed E-state index contributed by atoms with van der Waals surface area (Å²) in [6, 6.07) is 2.90. The van der Waals surface area contributed by atoms with Crippen LogP contribution in [0.5, 0.6) is 0 Å². The molecule has 6 heteroatoms. The van der Waals surface area contributed by atoms with Crippen molar-refractivity contribution in [1.82, 2.24) is 4.90 Å². The molecule has 0 radical (unpaired) electrons. The third-order valence-electron chi connectivity index (χ3n) is 5.14. The molecule has 0 saturated carbocycles. The van der Waals surface area contributed by atoms with E-state index in [0.29, 0.717) is 6.61 Å². The quantitative estimate of drug-likeness (QED) is 0.496. The fourth-order valence-electron chi connectivity index (χ4n) is 3.41. The predicted octanol–water partition coefficient (Wildman–Crippen LogP) is 4.46. The van der Waals surface area contributed by atoms with Crippen molar-refractivity contribution in [2.45, 2.75) is 83.5 Å².